The van der Waals surface area contributed by atoms with E-state index in [-0.39, 0.29) is 36.0 Å². The number of sulfone groups is 1. The summed E-state index contributed by atoms with van der Waals surface area (Å²) >= 11 is 0. The Morgan fingerprint density at radius 2 is 1.71 bits per heavy atom. The molecule has 4 amide bonds. The monoisotopic (exact) mass is 447 g/mol. The highest BCUT2D eigenvalue weighted by atomic mass is 32.2. The second-order valence-electron chi connectivity index (χ2n) is 8.88. The molecule has 1 aromatic carbocycles. The predicted molar refractivity (Wildman–Crippen MR) is 116 cm³/mol. The Morgan fingerprint density at radius 3 is 2.29 bits per heavy atom. The van der Waals surface area contributed by atoms with Crippen molar-refractivity contribution in [1.29, 1.82) is 0 Å². The van der Waals surface area contributed by atoms with Crippen molar-refractivity contribution in [2.45, 2.75) is 64.1 Å². The highest BCUT2D eigenvalue weighted by molar-refractivity contribution is 7.91. The molecule has 31 heavy (non-hydrogen) atoms. The number of carbonyl (C=O) groups is 3. The summed E-state index contributed by atoms with van der Waals surface area (Å²) in [5.41, 5.74) is 1.65. The standard InChI is InChI=1S/C22H29N3O5S/c1-15-7-9-18(10-8-15)24-16(2)21(27)23(22(24)28)13-20(26)25(17-5-3-4-6-17)19-11-12-31(29,30)14-19/h7-10,16-17,19H,3-6,11-14H2,1-2H3/t16-,19-/m1/s1. The van der Waals surface area contributed by atoms with Gasteiger partial charge < -0.3 is 4.90 Å². The van der Waals surface area contributed by atoms with Crippen LogP contribution in [0.2, 0.25) is 0 Å². The maximum absolute atomic E-state index is 13.3. The van der Waals surface area contributed by atoms with Crippen molar-refractivity contribution in [3.05, 3.63) is 29.8 Å². The Kier molecular flexibility index (Phi) is 5.81. The first-order chi connectivity index (χ1) is 14.7. The van der Waals surface area contributed by atoms with Gasteiger partial charge in [0.05, 0.1) is 11.5 Å². The van der Waals surface area contributed by atoms with Gasteiger partial charge in [0.1, 0.15) is 12.6 Å². The average molecular weight is 448 g/mol. The molecule has 2 saturated heterocycles. The number of imide groups is 1. The summed E-state index contributed by atoms with van der Waals surface area (Å²) in [4.78, 5) is 43.4. The number of aryl methyl sites for hydroxylation is 1. The van der Waals surface area contributed by atoms with E-state index in [9.17, 15) is 22.8 Å². The third-order valence-corrected chi connectivity index (χ3v) is 8.41. The number of anilines is 1. The molecular formula is C22H29N3O5S. The van der Waals surface area contributed by atoms with Crippen LogP contribution in [0.1, 0.15) is 44.6 Å². The molecule has 3 aliphatic rings. The molecule has 168 valence electrons. The molecule has 2 heterocycles. The van der Waals surface area contributed by atoms with Crippen molar-refractivity contribution in [3.8, 4) is 0 Å². The number of benzene rings is 1. The lowest BCUT2D eigenvalue weighted by Crippen LogP contribution is -2.51. The molecule has 4 rings (SSSR count). The number of carbonyl (C=O) groups excluding carboxylic acids is 3. The molecule has 1 saturated carbocycles. The Hall–Kier alpha value is -2.42. The minimum Gasteiger partial charge on any atom is -0.334 e. The van der Waals surface area contributed by atoms with Crippen LogP contribution < -0.4 is 4.90 Å². The zero-order valence-corrected chi connectivity index (χ0v) is 18.8. The zero-order chi connectivity index (χ0) is 22.3. The molecule has 1 aromatic rings. The highest BCUT2D eigenvalue weighted by Crippen LogP contribution is 2.31. The average Bonchev–Trinajstić information content (AvgIpc) is 3.41. The van der Waals surface area contributed by atoms with E-state index in [1.54, 1.807) is 24.0 Å². The maximum Gasteiger partial charge on any atom is 0.332 e. The summed E-state index contributed by atoms with van der Waals surface area (Å²) in [6, 6.07) is 5.71. The van der Waals surface area contributed by atoms with E-state index in [1.165, 1.54) is 4.90 Å². The van der Waals surface area contributed by atoms with Crippen molar-refractivity contribution in [3.63, 3.8) is 0 Å². The molecule has 2 aliphatic heterocycles. The van der Waals surface area contributed by atoms with Gasteiger partial charge in [0, 0.05) is 17.8 Å². The Morgan fingerprint density at radius 1 is 1.06 bits per heavy atom. The normalized spacial score (nSPS) is 26.1. The molecule has 1 aliphatic carbocycles. The molecule has 0 aromatic heterocycles. The third-order valence-electron chi connectivity index (χ3n) is 6.66. The van der Waals surface area contributed by atoms with Crippen molar-refractivity contribution < 1.29 is 22.8 Å². The van der Waals surface area contributed by atoms with Crippen LogP contribution in [0, 0.1) is 6.92 Å². The molecule has 3 fully saturated rings. The number of hydrogen-bond donors (Lipinski definition) is 0. The van der Waals surface area contributed by atoms with Crippen LogP contribution in [0.4, 0.5) is 10.5 Å². The summed E-state index contributed by atoms with van der Waals surface area (Å²) in [7, 11) is -3.16. The number of amides is 4. The molecule has 8 nitrogen and oxygen atoms in total. The fourth-order valence-corrected chi connectivity index (χ4v) is 6.72. The molecular weight excluding hydrogens is 418 g/mol. The van der Waals surface area contributed by atoms with Crippen LogP contribution in [0.5, 0.6) is 0 Å². The summed E-state index contributed by atoms with van der Waals surface area (Å²) in [6.07, 6.45) is 4.06. The molecule has 0 N–H and O–H groups in total. The van der Waals surface area contributed by atoms with Gasteiger partial charge >= 0.3 is 6.03 Å². The number of urea groups is 1. The number of hydrogen-bond acceptors (Lipinski definition) is 5. The SMILES string of the molecule is Cc1ccc(N2C(=O)N(CC(=O)N(C3CCCC3)[C@@H]3CCS(=O)(=O)C3)C(=O)[C@H]2C)cc1. The van der Waals surface area contributed by atoms with E-state index in [1.807, 2.05) is 19.1 Å². The van der Waals surface area contributed by atoms with Crippen molar-refractivity contribution in [1.82, 2.24) is 9.80 Å². The summed E-state index contributed by atoms with van der Waals surface area (Å²) < 4.78 is 24.1. The Bertz CT molecular complexity index is 985. The lowest BCUT2D eigenvalue weighted by Gasteiger charge is -2.35. The van der Waals surface area contributed by atoms with Gasteiger partial charge in [-0.25, -0.2) is 13.2 Å². The van der Waals surface area contributed by atoms with E-state index in [4.69, 9.17) is 0 Å². The minimum atomic E-state index is -3.16. The van der Waals surface area contributed by atoms with Gasteiger partial charge in [0.15, 0.2) is 9.84 Å². The van der Waals surface area contributed by atoms with Crippen molar-refractivity contribution in [2.75, 3.05) is 23.0 Å². The van der Waals surface area contributed by atoms with Crippen LogP contribution in [0.3, 0.4) is 0 Å². The van der Waals surface area contributed by atoms with Crippen LogP contribution in [-0.4, -0.2) is 72.2 Å². The zero-order valence-electron chi connectivity index (χ0n) is 18.0. The second kappa shape index (κ2) is 8.26. The first-order valence-corrected chi connectivity index (χ1v) is 12.7. The lowest BCUT2D eigenvalue weighted by atomic mass is 10.1. The van der Waals surface area contributed by atoms with Gasteiger partial charge in [-0.2, -0.15) is 0 Å². The molecule has 9 heteroatoms. The lowest BCUT2D eigenvalue weighted by molar-refractivity contribution is -0.140. The summed E-state index contributed by atoms with van der Waals surface area (Å²) in [5.74, 6) is -0.713. The van der Waals surface area contributed by atoms with Crippen LogP contribution in [-0.2, 0) is 19.4 Å². The first-order valence-electron chi connectivity index (χ1n) is 10.9. The minimum absolute atomic E-state index is 0.0239. The fraction of sp³-hybridized carbons (Fsp3) is 0.591. The molecule has 0 radical (unpaired) electrons. The Labute approximate surface area is 183 Å². The van der Waals surface area contributed by atoms with Crippen LogP contribution in [0.15, 0.2) is 24.3 Å². The van der Waals surface area contributed by atoms with E-state index >= 15 is 0 Å². The van der Waals surface area contributed by atoms with Crippen molar-refractivity contribution in [2.24, 2.45) is 0 Å². The summed E-state index contributed by atoms with van der Waals surface area (Å²) in [5, 5.41) is 0. The molecule has 0 unspecified atom stereocenters. The second-order valence-corrected chi connectivity index (χ2v) is 11.1. The van der Waals surface area contributed by atoms with Gasteiger partial charge in [-0.15, -0.1) is 0 Å². The van der Waals surface area contributed by atoms with E-state index in [2.05, 4.69) is 0 Å². The number of rotatable bonds is 5. The van der Waals surface area contributed by atoms with Crippen LogP contribution >= 0.6 is 0 Å². The highest BCUT2D eigenvalue weighted by Gasteiger charge is 2.46. The largest absolute Gasteiger partial charge is 0.334 e. The van der Waals surface area contributed by atoms with E-state index in [0.29, 0.717) is 12.1 Å². The first kappa shape index (κ1) is 21.8. The number of nitrogens with zero attached hydrogens (tertiary/aromatic N) is 3. The van der Waals surface area contributed by atoms with Gasteiger partial charge in [0.25, 0.3) is 5.91 Å². The predicted octanol–water partition coefficient (Wildman–Crippen LogP) is 2.11. The maximum atomic E-state index is 13.3. The van der Waals surface area contributed by atoms with Gasteiger partial charge in [-0.3, -0.25) is 19.4 Å². The van der Waals surface area contributed by atoms with Gasteiger partial charge in [-0.05, 0) is 45.2 Å². The van der Waals surface area contributed by atoms with E-state index < -0.39 is 27.8 Å². The van der Waals surface area contributed by atoms with Crippen LogP contribution in [0.25, 0.3) is 0 Å². The third kappa shape index (κ3) is 4.20. The molecule has 0 spiro atoms. The quantitative estimate of drug-likeness (QED) is 0.645. The van der Waals surface area contributed by atoms with Crippen molar-refractivity contribution >= 4 is 33.4 Å². The van der Waals surface area contributed by atoms with Gasteiger partial charge in [0.2, 0.25) is 5.91 Å². The fourth-order valence-electron chi connectivity index (χ4n) is 5.01. The van der Waals surface area contributed by atoms with E-state index in [0.717, 1.165) is 36.1 Å². The molecule has 2 atom stereocenters. The smallest absolute Gasteiger partial charge is 0.332 e. The summed E-state index contributed by atoms with van der Waals surface area (Å²) in [6.45, 7) is 3.25. The van der Waals surface area contributed by atoms with Gasteiger partial charge in [-0.1, -0.05) is 30.5 Å². The molecule has 0 bridgehead atoms. The Balaban J connectivity index is 1.54. The topological polar surface area (TPSA) is 95.1 Å².